The van der Waals surface area contributed by atoms with Crippen LogP contribution in [0.1, 0.15) is 31.9 Å². The number of rotatable bonds is 3. The lowest BCUT2D eigenvalue weighted by atomic mass is 9.97. The van der Waals surface area contributed by atoms with E-state index in [9.17, 15) is 0 Å². The summed E-state index contributed by atoms with van der Waals surface area (Å²) < 4.78 is 2.05. The average molecular weight is 286 g/mol. The zero-order valence-corrected chi connectivity index (χ0v) is 13.9. The summed E-state index contributed by atoms with van der Waals surface area (Å²) in [7, 11) is 2.74. The van der Waals surface area contributed by atoms with Crippen molar-refractivity contribution in [1.29, 1.82) is 0 Å². The molecule has 0 saturated heterocycles. The number of hydrogen-bond donors (Lipinski definition) is 0. The molecule has 1 atom stereocenters. The highest BCUT2D eigenvalue weighted by molar-refractivity contribution is 7.27. The lowest BCUT2D eigenvalue weighted by Gasteiger charge is -2.17. The van der Waals surface area contributed by atoms with Crippen molar-refractivity contribution in [1.82, 2.24) is 9.78 Å². The van der Waals surface area contributed by atoms with E-state index in [0.717, 1.165) is 28.7 Å². The fourth-order valence-electron chi connectivity index (χ4n) is 2.31. The van der Waals surface area contributed by atoms with E-state index in [1.54, 1.807) is 0 Å². The molecule has 0 N–H and O–H groups in total. The van der Waals surface area contributed by atoms with Gasteiger partial charge < -0.3 is 0 Å². The minimum Gasteiger partial charge on any atom is -0.271 e. The maximum Gasteiger partial charge on any atom is 0.0958 e. The first kappa shape index (κ1) is 15.0. The van der Waals surface area contributed by atoms with Crippen LogP contribution in [0.5, 0.6) is 0 Å². The van der Waals surface area contributed by atoms with E-state index in [2.05, 4.69) is 67.9 Å². The van der Waals surface area contributed by atoms with Crippen molar-refractivity contribution in [2.75, 3.05) is 0 Å². The van der Waals surface area contributed by atoms with Gasteiger partial charge in [-0.05, 0) is 34.8 Å². The molecule has 0 aliphatic carbocycles. The molecule has 106 valence electrons. The van der Waals surface area contributed by atoms with Crippen LogP contribution in [0.3, 0.4) is 0 Å². The zero-order valence-electron chi connectivity index (χ0n) is 12.8. The summed E-state index contributed by atoms with van der Waals surface area (Å²) in [6.07, 6.45) is 4.02. The van der Waals surface area contributed by atoms with Crippen LogP contribution >= 0.6 is 9.24 Å². The fraction of sp³-hybridized carbons (Fsp3) is 0.353. The largest absolute Gasteiger partial charge is 0.271 e. The average Bonchev–Trinajstić information content (AvgIpc) is 2.67. The van der Waals surface area contributed by atoms with E-state index in [1.807, 2.05) is 10.8 Å². The van der Waals surface area contributed by atoms with Gasteiger partial charge in [0, 0.05) is 18.3 Å². The van der Waals surface area contributed by atoms with Crippen LogP contribution in [0.4, 0.5) is 0 Å². The molecule has 20 heavy (non-hydrogen) atoms. The zero-order chi connectivity index (χ0) is 14.9. The second kappa shape index (κ2) is 5.54. The SMILES string of the molecule is C=Cc1ccc(P)cc1-c1nn(CC(C)(C)C)cc1C. The first-order chi connectivity index (χ1) is 9.30. The van der Waals surface area contributed by atoms with Crippen LogP contribution < -0.4 is 5.30 Å². The predicted octanol–water partition coefficient (Wildman–Crippen LogP) is 4.05. The van der Waals surface area contributed by atoms with E-state index in [4.69, 9.17) is 5.10 Å². The summed E-state index contributed by atoms with van der Waals surface area (Å²) >= 11 is 0. The van der Waals surface area contributed by atoms with Gasteiger partial charge >= 0.3 is 0 Å². The molecule has 2 rings (SSSR count). The van der Waals surface area contributed by atoms with Gasteiger partial charge in [0.15, 0.2) is 0 Å². The summed E-state index contributed by atoms with van der Waals surface area (Å²) in [6, 6.07) is 6.32. The Bertz CT molecular complexity index is 633. The molecule has 0 bridgehead atoms. The lowest BCUT2D eigenvalue weighted by molar-refractivity contribution is 0.325. The molecule has 0 aliphatic rings. The van der Waals surface area contributed by atoms with E-state index >= 15 is 0 Å². The molecular formula is C17H23N2P. The molecule has 0 fully saturated rings. The maximum atomic E-state index is 4.77. The Kier molecular flexibility index (Phi) is 4.15. The van der Waals surface area contributed by atoms with Crippen LogP contribution in [0.15, 0.2) is 31.0 Å². The topological polar surface area (TPSA) is 17.8 Å². The molecule has 1 unspecified atom stereocenters. The van der Waals surface area contributed by atoms with Crippen molar-refractivity contribution in [2.45, 2.75) is 34.2 Å². The second-order valence-corrected chi connectivity index (χ2v) is 7.14. The number of aromatic nitrogens is 2. The van der Waals surface area contributed by atoms with E-state index in [1.165, 1.54) is 5.56 Å². The Hall–Kier alpha value is -1.40. The van der Waals surface area contributed by atoms with Gasteiger partial charge in [-0.1, -0.05) is 45.6 Å². The van der Waals surface area contributed by atoms with Crippen molar-refractivity contribution in [3.8, 4) is 11.3 Å². The van der Waals surface area contributed by atoms with Crippen molar-refractivity contribution >= 4 is 20.6 Å². The molecule has 1 aromatic carbocycles. The highest BCUT2D eigenvalue weighted by Gasteiger charge is 2.15. The van der Waals surface area contributed by atoms with Crippen LogP contribution in [0.2, 0.25) is 0 Å². The molecule has 0 radical (unpaired) electrons. The van der Waals surface area contributed by atoms with Crippen LogP contribution in [-0.4, -0.2) is 9.78 Å². The maximum absolute atomic E-state index is 4.77. The smallest absolute Gasteiger partial charge is 0.0958 e. The van der Waals surface area contributed by atoms with Crippen LogP contribution in [0, 0.1) is 12.3 Å². The lowest BCUT2D eigenvalue weighted by Crippen LogP contribution is -2.15. The molecule has 0 saturated carbocycles. The van der Waals surface area contributed by atoms with E-state index in [-0.39, 0.29) is 5.41 Å². The molecule has 0 spiro atoms. The van der Waals surface area contributed by atoms with Gasteiger partial charge in [0.05, 0.1) is 5.69 Å². The summed E-state index contributed by atoms with van der Waals surface area (Å²) in [6.45, 7) is 13.6. The minimum atomic E-state index is 0.222. The minimum absolute atomic E-state index is 0.222. The van der Waals surface area contributed by atoms with Gasteiger partial charge in [0.2, 0.25) is 0 Å². The Labute approximate surface area is 124 Å². The number of aryl methyl sites for hydroxylation is 1. The highest BCUT2D eigenvalue weighted by atomic mass is 31.0. The Morgan fingerprint density at radius 1 is 1.35 bits per heavy atom. The molecular weight excluding hydrogens is 263 g/mol. The molecule has 0 amide bonds. The normalized spacial score (nSPS) is 11.7. The Morgan fingerprint density at radius 3 is 2.65 bits per heavy atom. The summed E-state index contributed by atoms with van der Waals surface area (Å²) in [4.78, 5) is 0. The third-order valence-electron chi connectivity index (χ3n) is 3.13. The van der Waals surface area contributed by atoms with Gasteiger partial charge in [-0.25, -0.2) is 0 Å². The van der Waals surface area contributed by atoms with Crippen LogP contribution in [0.25, 0.3) is 17.3 Å². The molecule has 2 aromatic rings. The van der Waals surface area contributed by atoms with Crippen molar-refractivity contribution in [3.63, 3.8) is 0 Å². The molecule has 2 nitrogen and oxygen atoms in total. The van der Waals surface area contributed by atoms with Crippen molar-refractivity contribution < 1.29 is 0 Å². The van der Waals surface area contributed by atoms with Gasteiger partial charge in [-0.15, -0.1) is 9.24 Å². The van der Waals surface area contributed by atoms with E-state index < -0.39 is 0 Å². The first-order valence-corrected chi connectivity index (χ1v) is 7.44. The third-order valence-corrected chi connectivity index (χ3v) is 3.49. The quantitative estimate of drug-likeness (QED) is 0.778. The molecule has 1 aromatic heterocycles. The molecule has 0 aliphatic heterocycles. The predicted molar refractivity (Wildman–Crippen MR) is 91.3 cm³/mol. The van der Waals surface area contributed by atoms with Crippen molar-refractivity contribution in [2.24, 2.45) is 5.41 Å². The van der Waals surface area contributed by atoms with Gasteiger partial charge in [-0.3, -0.25) is 4.68 Å². The van der Waals surface area contributed by atoms with Gasteiger partial charge in [0.1, 0.15) is 0 Å². The fourth-order valence-corrected chi connectivity index (χ4v) is 2.57. The van der Waals surface area contributed by atoms with Crippen molar-refractivity contribution in [3.05, 3.63) is 42.1 Å². The molecule has 1 heterocycles. The van der Waals surface area contributed by atoms with Crippen LogP contribution in [-0.2, 0) is 6.54 Å². The Morgan fingerprint density at radius 2 is 2.05 bits per heavy atom. The summed E-state index contributed by atoms with van der Waals surface area (Å²) in [5, 5.41) is 5.94. The Balaban J connectivity index is 2.48. The standard InChI is InChI=1S/C17H23N2P/c1-6-13-7-8-14(20)9-15(13)16-12(2)10-19(18-16)11-17(3,4)5/h6-10H,1,11,20H2,2-5H3. The van der Waals surface area contributed by atoms with Gasteiger partial charge in [-0.2, -0.15) is 5.10 Å². The number of benzene rings is 1. The first-order valence-electron chi connectivity index (χ1n) is 6.86. The second-order valence-electron chi connectivity index (χ2n) is 6.47. The van der Waals surface area contributed by atoms with E-state index in [0.29, 0.717) is 0 Å². The number of hydrogen-bond acceptors (Lipinski definition) is 1. The third kappa shape index (κ3) is 3.37. The number of nitrogens with zero attached hydrogens (tertiary/aromatic N) is 2. The highest BCUT2D eigenvalue weighted by Crippen LogP contribution is 2.27. The monoisotopic (exact) mass is 286 g/mol. The summed E-state index contributed by atoms with van der Waals surface area (Å²) in [5.74, 6) is 0. The molecule has 3 heteroatoms. The summed E-state index contributed by atoms with van der Waals surface area (Å²) in [5.41, 5.74) is 4.75. The van der Waals surface area contributed by atoms with Gasteiger partial charge in [0.25, 0.3) is 0 Å².